The Morgan fingerprint density at radius 1 is 1.58 bits per heavy atom. The second kappa shape index (κ2) is 3.65. The first-order valence-corrected chi connectivity index (χ1v) is 3.41. The van der Waals surface area contributed by atoms with Crippen LogP contribution in [0.15, 0.2) is 18.2 Å². The molecule has 0 saturated carbocycles. The number of nitriles is 1. The highest BCUT2D eigenvalue weighted by Gasteiger charge is 2.00. The molecule has 0 heterocycles. The van der Waals surface area contributed by atoms with Crippen LogP contribution < -0.4 is 0 Å². The molecule has 0 unspecified atom stereocenters. The fourth-order valence-electron chi connectivity index (χ4n) is 0.909. The van der Waals surface area contributed by atoms with Gasteiger partial charge in [0.2, 0.25) is 0 Å². The van der Waals surface area contributed by atoms with Crippen LogP contribution in [0.4, 0.5) is 0 Å². The predicted octanol–water partition coefficient (Wildman–Crippen LogP) is 0.863. The van der Waals surface area contributed by atoms with E-state index in [9.17, 15) is 4.79 Å². The van der Waals surface area contributed by atoms with Crippen LogP contribution >= 0.6 is 0 Å². The lowest BCUT2D eigenvalue weighted by Crippen LogP contribution is -1.91. The van der Waals surface area contributed by atoms with Crippen LogP contribution in [0.25, 0.3) is 0 Å². The summed E-state index contributed by atoms with van der Waals surface area (Å²) in [4.78, 5) is 10.3. The summed E-state index contributed by atoms with van der Waals surface area (Å²) in [5, 5.41) is 17.4. The van der Waals surface area contributed by atoms with E-state index >= 15 is 0 Å². The van der Waals surface area contributed by atoms with Gasteiger partial charge in [0, 0.05) is 5.56 Å². The summed E-state index contributed by atoms with van der Waals surface area (Å²) in [6.07, 6.45) is 0.669. The van der Waals surface area contributed by atoms with Crippen molar-refractivity contribution < 1.29 is 9.90 Å². The van der Waals surface area contributed by atoms with Crippen LogP contribution in [0.5, 0.6) is 0 Å². The van der Waals surface area contributed by atoms with E-state index in [1.165, 1.54) is 6.07 Å². The number of carbonyl (C=O) groups excluding carboxylic acids is 1. The molecule has 0 bridgehead atoms. The van der Waals surface area contributed by atoms with Crippen molar-refractivity contribution >= 4 is 6.29 Å². The first-order valence-electron chi connectivity index (χ1n) is 3.41. The molecule has 1 aromatic rings. The molecule has 0 spiro atoms. The van der Waals surface area contributed by atoms with Gasteiger partial charge in [-0.25, -0.2) is 0 Å². The Morgan fingerprint density at radius 2 is 2.33 bits per heavy atom. The van der Waals surface area contributed by atoms with Crippen molar-refractivity contribution in [1.29, 1.82) is 5.26 Å². The molecule has 0 aromatic heterocycles. The van der Waals surface area contributed by atoms with Crippen LogP contribution in [-0.2, 0) is 6.61 Å². The third kappa shape index (κ3) is 1.49. The topological polar surface area (TPSA) is 61.1 Å². The standard InChI is InChI=1S/C9H7NO2/c10-4-9-3-7(5-11)1-2-8(9)6-12/h1-3,5,12H,6H2. The van der Waals surface area contributed by atoms with Crippen molar-refractivity contribution in [3.63, 3.8) is 0 Å². The molecule has 1 N–H and O–H groups in total. The fraction of sp³-hybridized carbons (Fsp3) is 0.111. The molecular weight excluding hydrogens is 154 g/mol. The maximum atomic E-state index is 10.3. The Labute approximate surface area is 69.9 Å². The molecule has 1 rings (SSSR count). The quantitative estimate of drug-likeness (QED) is 0.654. The smallest absolute Gasteiger partial charge is 0.150 e. The van der Waals surface area contributed by atoms with Crippen LogP contribution in [-0.4, -0.2) is 11.4 Å². The van der Waals surface area contributed by atoms with E-state index in [4.69, 9.17) is 10.4 Å². The summed E-state index contributed by atoms with van der Waals surface area (Å²) in [7, 11) is 0. The molecule has 0 amide bonds. The lowest BCUT2D eigenvalue weighted by molar-refractivity contribution is 0.112. The molecule has 3 nitrogen and oxygen atoms in total. The van der Waals surface area contributed by atoms with Gasteiger partial charge in [-0.05, 0) is 11.6 Å². The molecule has 0 saturated heterocycles. The van der Waals surface area contributed by atoms with E-state index in [0.29, 0.717) is 23.0 Å². The van der Waals surface area contributed by atoms with E-state index in [2.05, 4.69) is 0 Å². The zero-order valence-corrected chi connectivity index (χ0v) is 6.32. The van der Waals surface area contributed by atoms with Crippen molar-refractivity contribution in [1.82, 2.24) is 0 Å². The lowest BCUT2D eigenvalue weighted by atomic mass is 10.1. The molecule has 0 radical (unpaired) electrons. The lowest BCUT2D eigenvalue weighted by Gasteiger charge is -1.98. The monoisotopic (exact) mass is 161 g/mol. The predicted molar refractivity (Wildman–Crippen MR) is 42.5 cm³/mol. The molecule has 3 heteroatoms. The van der Waals surface area contributed by atoms with Gasteiger partial charge < -0.3 is 5.11 Å². The summed E-state index contributed by atoms with van der Waals surface area (Å²) in [5.74, 6) is 0. The summed E-state index contributed by atoms with van der Waals surface area (Å²) in [6, 6.07) is 6.50. The van der Waals surface area contributed by atoms with Crippen molar-refractivity contribution in [2.45, 2.75) is 6.61 Å². The first kappa shape index (κ1) is 8.44. The van der Waals surface area contributed by atoms with E-state index in [1.54, 1.807) is 12.1 Å². The van der Waals surface area contributed by atoms with Crippen molar-refractivity contribution in [2.24, 2.45) is 0 Å². The highest BCUT2D eigenvalue weighted by molar-refractivity contribution is 5.75. The number of hydrogen-bond donors (Lipinski definition) is 1. The molecule has 0 atom stereocenters. The highest BCUT2D eigenvalue weighted by Crippen LogP contribution is 2.09. The summed E-state index contributed by atoms with van der Waals surface area (Å²) in [5.41, 5.74) is 1.34. The molecule has 0 aliphatic rings. The number of rotatable bonds is 2. The van der Waals surface area contributed by atoms with Gasteiger partial charge in [-0.1, -0.05) is 12.1 Å². The van der Waals surface area contributed by atoms with Crippen molar-refractivity contribution in [2.75, 3.05) is 0 Å². The van der Waals surface area contributed by atoms with Crippen LogP contribution in [0.2, 0.25) is 0 Å². The average Bonchev–Trinajstić information content (AvgIpc) is 2.16. The van der Waals surface area contributed by atoms with Gasteiger partial charge in [-0.2, -0.15) is 5.26 Å². The molecule has 1 aromatic carbocycles. The highest BCUT2D eigenvalue weighted by atomic mass is 16.3. The van der Waals surface area contributed by atoms with Crippen LogP contribution in [0.1, 0.15) is 21.5 Å². The van der Waals surface area contributed by atoms with Gasteiger partial charge in [0.15, 0.2) is 0 Å². The SMILES string of the molecule is N#Cc1cc(C=O)ccc1CO. The minimum atomic E-state index is -0.179. The number of carbonyl (C=O) groups is 1. The number of aliphatic hydroxyl groups is 1. The van der Waals surface area contributed by atoms with E-state index < -0.39 is 0 Å². The second-order valence-electron chi connectivity index (χ2n) is 2.30. The zero-order valence-electron chi connectivity index (χ0n) is 6.32. The van der Waals surface area contributed by atoms with Gasteiger partial charge in [0.25, 0.3) is 0 Å². The maximum Gasteiger partial charge on any atom is 0.150 e. The Kier molecular flexibility index (Phi) is 2.57. The Bertz CT molecular complexity index is 339. The van der Waals surface area contributed by atoms with Crippen molar-refractivity contribution in [3.05, 3.63) is 34.9 Å². The third-order valence-electron chi connectivity index (χ3n) is 1.56. The maximum absolute atomic E-state index is 10.3. The van der Waals surface area contributed by atoms with E-state index in [-0.39, 0.29) is 6.61 Å². The normalized spacial score (nSPS) is 9.00. The van der Waals surface area contributed by atoms with Crippen molar-refractivity contribution in [3.8, 4) is 6.07 Å². The number of hydrogen-bond acceptors (Lipinski definition) is 3. The number of aldehydes is 1. The molecule has 0 fully saturated rings. The first-order chi connectivity index (χ1) is 5.81. The summed E-state index contributed by atoms with van der Waals surface area (Å²) in [6.45, 7) is -0.179. The summed E-state index contributed by atoms with van der Waals surface area (Å²) < 4.78 is 0. The third-order valence-corrected chi connectivity index (χ3v) is 1.56. The molecule has 0 aliphatic heterocycles. The van der Waals surface area contributed by atoms with Gasteiger partial charge in [0.05, 0.1) is 18.2 Å². The molecular formula is C9H7NO2. The van der Waals surface area contributed by atoms with Gasteiger partial charge in [-0.3, -0.25) is 4.79 Å². The van der Waals surface area contributed by atoms with Gasteiger partial charge >= 0.3 is 0 Å². The Morgan fingerprint density at radius 3 is 2.83 bits per heavy atom. The van der Waals surface area contributed by atoms with Gasteiger partial charge in [0.1, 0.15) is 6.29 Å². The van der Waals surface area contributed by atoms with Gasteiger partial charge in [-0.15, -0.1) is 0 Å². The van der Waals surface area contributed by atoms with Crippen LogP contribution in [0, 0.1) is 11.3 Å². The Hall–Kier alpha value is -1.66. The average molecular weight is 161 g/mol. The van der Waals surface area contributed by atoms with Crippen LogP contribution in [0.3, 0.4) is 0 Å². The number of nitrogens with zero attached hydrogens (tertiary/aromatic N) is 1. The zero-order chi connectivity index (χ0) is 8.97. The molecule has 12 heavy (non-hydrogen) atoms. The molecule has 0 aliphatic carbocycles. The minimum Gasteiger partial charge on any atom is -0.392 e. The number of benzene rings is 1. The largest absolute Gasteiger partial charge is 0.392 e. The van der Waals surface area contributed by atoms with E-state index in [1.807, 2.05) is 6.07 Å². The number of aliphatic hydroxyl groups excluding tert-OH is 1. The second-order valence-corrected chi connectivity index (χ2v) is 2.30. The van der Waals surface area contributed by atoms with E-state index in [0.717, 1.165) is 0 Å². The molecule has 60 valence electrons. The fourth-order valence-corrected chi connectivity index (χ4v) is 0.909. The Balaban J connectivity index is 3.21. The summed E-state index contributed by atoms with van der Waals surface area (Å²) >= 11 is 0. The minimum absolute atomic E-state index is 0.179.